The topological polar surface area (TPSA) is 87.3 Å². The molecule has 0 bridgehead atoms. The highest BCUT2D eigenvalue weighted by Crippen LogP contribution is 2.18. The van der Waals surface area contributed by atoms with Gasteiger partial charge < -0.3 is 16.0 Å². The smallest absolute Gasteiger partial charge is 0.255 e. The van der Waals surface area contributed by atoms with Crippen molar-refractivity contribution < 1.29 is 14.4 Å². The minimum absolute atomic E-state index is 0.205. The number of anilines is 2. The van der Waals surface area contributed by atoms with Crippen LogP contribution in [-0.4, -0.2) is 17.7 Å². The van der Waals surface area contributed by atoms with E-state index in [0.717, 1.165) is 6.42 Å². The maximum Gasteiger partial charge on any atom is 0.255 e. The van der Waals surface area contributed by atoms with Gasteiger partial charge in [0, 0.05) is 33.8 Å². The van der Waals surface area contributed by atoms with E-state index in [1.165, 1.54) is 18.2 Å². The van der Waals surface area contributed by atoms with Gasteiger partial charge in [-0.25, -0.2) is 0 Å². The predicted molar refractivity (Wildman–Crippen MR) is 134 cm³/mol. The molecule has 1 aliphatic carbocycles. The average Bonchev–Trinajstić information content (AvgIpc) is 2.86. The molecule has 3 aromatic carbocycles. The third kappa shape index (κ3) is 5.86. The van der Waals surface area contributed by atoms with Crippen LogP contribution in [0.25, 0.3) is 0 Å². The zero-order valence-corrected chi connectivity index (χ0v) is 18.7. The van der Waals surface area contributed by atoms with Crippen LogP contribution in [0.3, 0.4) is 0 Å². The molecule has 34 heavy (non-hydrogen) atoms. The Morgan fingerprint density at radius 3 is 1.53 bits per heavy atom. The van der Waals surface area contributed by atoms with E-state index in [-0.39, 0.29) is 16.7 Å². The molecule has 1 atom stereocenters. The number of benzene rings is 3. The Morgan fingerprint density at radius 2 is 1.12 bits per heavy atom. The SMILES string of the molecule is CC1C=CC(NC(=O)c2cc(C(=O)Nc3ccccc3)cc(C(=O)Nc3ccccc3)c2)=CC1. The van der Waals surface area contributed by atoms with Crippen LogP contribution in [0.4, 0.5) is 11.4 Å². The Labute approximate surface area is 198 Å². The summed E-state index contributed by atoms with van der Waals surface area (Å²) in [5.41, 5.74) is 2.55. The van der Waals surface area contributed by atoms with Crippen LogP contribution in [0, 0.1) is 5.92 Å². The first kappa shape index (κ1) is 22.7. The molecule has 3 N–H and O–H groups in total. The lowest BCUT2D eigenvalue weighted by Gasteiger charge is -2.14. The number of hydrogen-bond acceptors (Lipinski definition) is 3. The third-order valence-electron chi connectivity index (χ3n) is 5.35. The third-order valence-corrected chi connectivity index (χ3v) is 5.35. The van der Waals surface area contributed by atoms with Gasteiger partial charge in [0.1, 0.15) is 0 Å². The molecule has 0 radical (unpaired) electrons. The molecule has 170 valence electrons. The Balaban J connectivity index is 1.62. The molecule has 6 heteroatoms. The Morgan fingerprint density at radius 1 is 0.676 bits per heavy atom. The molecular formula is C28H25N3O3. The summed E-state index contributed by atoms with van der Waals surface area (Å²) in [6, 6.07) is 22.5. The minimum atomic E-state index is -0.416. The molecule has 3 amide bonds. The number of carbonyl (C=O) groups excluding carboxylic acids is 3. The molecule has 3 aromatic rings. The lowest BCUT2D eigenvalue weighted by atomic mass is 10.0. The first-order valence-electron chi connectivity index (χ1n) is 11.1. The summed E-state index contributed by atoms with van der Waals surface area (Å²) in [5, 5.41) is 8.46. The van der Waals surface area contributed by atoms with Crippen LogP contribution in [0.2, 0.25) is 0 Å². The highest BCUT2D eigenvalue weighted by Gasteiger charge is 2.18. The van der Waals surface area contributed by atoms with Gasteiger partial charge in [-0.2, -0.15) is 0 Å². The molecule has 0 saturated heterocycles. The van der Waals surface area contributed by atoms with Crippen molar-refractivity contribution in [2.24, 2.45) is 5.92 Å². The Hall–Kier alpha value is -4.45. The van der Waals surface area contributed by atoms with Crippen molar-refractivity contribution in [2.75, 3.05) is 10.6 Å². The first-order valence-corrected chi connectivity index (χ1v) is 11.1. The van der Waals surface area contributed by atoms with Crippen LogP contribution in [0.15, 0.2) is 103 Å². The number of hydrogen-bond donors (Lipinski definition) is 3. The van der Waals surface area contributed by atoms with Gasteiger partial charge in [0.15, 0.2) is 0 Å². The van der Waals surface area contributed by atoms with E-state index in [9.17, 15) is 14.4 Å². The highest BCUT2D eigenvalue weighted by molar-refractivity contribution is 6.11. The fraction of sp³-hybridized carbons (Fsp3) is 0.107. The zero-order valence-electron chi connectivity index (χ0n) is 18.7. The van der Waals surface area contributed by atoms with Gasteiger partial charge in [0.25, 0.3) is 17.7 Å². The summed E-state index contributed by atoms with van der Waals surface area (Å²) >= 11 is 0. The molecule has 4 rings (SSSR count). The summed E-state index contributed by atoms with van der Waals surface area (Å²) in [6.07, 6.45) is 6.67. The number of nitrogens with one attached hydrogen (secondary N) is 3. The van der Waals surface area contributed by atoms with Gasteiger partial charge in [0.2, 0.25) is 0 Å². The van der Waals surface area contributed by atoms with Crippen LogP contribution in [0.1, 0.15) is 44.4 Å². The molecule has 0 saturated carbocycles. The van der Waals surface area contributed by atoms with Crippen molar-refractivity contribution in [3.05, 3.63) is 119 Å². The van der Waals surface area contributed by atoms with E-state index in [1.807, 2.05) is 54.6 Å². The van der Waals surface area contributed by atoms with Crippen LogP contribution in [0.5, 0.6) is 0 Å². The van der Waals surface area contributed by atoms with E-state index in [1.54, 1.807) is 24.3 Å². The summed E-state index contributed by atoms with van der Waals surface area (Å²) in [7, 11) is 0. The van der Waals surface area contributed by atoms with E-state index < -0.39 is 17.7 Å². The maximum atomic E-state index is 13.0. The number of para-hydroxylation sites is 2. The molecule has 0 fully saturated rings. The van der Waals surface area contributed by atoms with Gasteiger partial charge in [0.05, 0.1) is 0 Å². The molecule has 0 aliphatic heterocycles. The molecule has 1 aliphatic rings. The van der Waals surface area contributed by atoms with Gasteiger partial charge >= 0.3 is 0 Å². The summed E-state index contributed by atoms with van der Waals surface area (Å²) in [5.74, 6) is -0.812. The van der Waals surface area contributed by atoms with Crippen molar-refractivity contribution in [1.29, 1.82) is 0 Å². The lowest BCUT2D eigenvalue weighted by molar-refractivity contribution is 0.0966. The second kappa shape index (κ2) is 10.4. The highest BCUT2D eigenvalue weighted by atomic mass is 16.2. The minimum Gasteiger partial charge on any atom is -0.322 e. The number of allylic oxidation sites excluding steroid dienone is 3. The Bertz CT molecular complexity index is 1190. The van der Waals surface area contributed by atoms with Gasteiger partial charge in [-0.05, 0) is 60.9 Å². The van der Waals surface area contributed by atoms with Crippen molar-refractivity contribution in [1.82, 2.24) is 5.32 Å². The second-order valence-corrected chi connectivity index (χ2v) is 8.13. The normalized spacial score (nSPS) is 14.6. The molecule has 6 nitrogen and oxygen atoms in total. The van der Waals surface area contributed by atoms with Crippen LogP contribution >= 0.6 is 0 Å². The van der Waals surface area contributed by atoms with Crippen molar-refractivity contribution in [2.45, 2.75) is 13.3 Å². The first-order chi connectivity index (χ1) is 16.5. The standard InChI is InChI=1S/C28H25N3O3/c1-19-12-14-25(15-13-19)31-28(34)22-17-20(26(32)29-23-8-4-2-5-9-23)16-21(18-22)27(33)30-24-10-6-3-7-11-24/h2-12,14-19H,13H2,1H3,(H,29,32)(H,30,33)(H,31,34). The quantitative estimate of drug-likeness (QED) is 0.469. The van der Waals surface area contributed by atoms with Crippen LogP contribution in [-0.2, 0) is 0 Å². The lowest BCUT2D eigenvalue weighted by Crippen LogP contribution is -2.24. The fourth-order valence-corrected chi connectivity index (χ4v) is 3.49. The van der Waals surface area contributed by atoms with E-state index in [2.05, 4.69) is 22.9 Å². The summed E-state index contributed by atoms with van der Waals surface area (Å²) in [6.45, 7) is 2.10. The largest absolute Gasteiger partial charge is 0.322 e. The zero-order chi connectivity index (χ0) is 23.9. The predicted octanol–water partition coefficient (Wildman–Crippen LogP) is 5.40. The van der Waals surface area contributed by atoms with E-state index in [0.29, 0.717) is 23.0 Å². The van der Waals surface area contributed by atoms with E-state index in [4.69, 9.17) is 0 Å². The monoisotopic (exact) mass is 451 g/mol. The Kier molecular flexibility index (Phi) is 6.98. The summed E-state index contributed by atoms with van der Waals surface area (Å²) in [4.78, 5) is 38.9. The molecule has 0 aromatic heterocycles. The number of rotatable bonds is 6. The second-order valence-electron chi connectivity index (χ2n) is 8.13. The molecule has 0 spiro atoms. The molecule has 1 unspecified atom stereocenters. The van der Waals surface area contributed by atoms with Gasteiger partial charge in [-0.15, -0.1) is 0 Å². The van der Waals surface area contributed by atoms with Gasteiger partial charge in [-0.1, -0.05) is 55.5 Å². The van der Waals surface area contributed by atoms with Crippen molar-refractivity contribution in [3.8, 4) is 0 Å². The fourth-order valence-electron chi connectivity index (χ4n) is 3.49. The van der Waals surface area contributed by atoms with Gasteiger partial charge in [-0.3, -0.25) is 14.4 Å². The number of amides is 3. The number of carbonyl (C=O) groups is 3. The molecule has 0 heterocycles. The summed E-state index contributed by atoms with van der Waals surface area (Å²) < 4.78 is 0. The molecular weight excluding hydrogens is 426 g/mol. The van der Waals surface area contributed by atoms with Crippen molar-refractivity contribution >= 4 is 29.1 Å². The van der Waals surface area contributed by atoms with E-state index >= 15 is 0 Å². The maximum absolute atomic E-state index is 13.0. The van der Waals surface area contributed by atoms with Crippen LogP contribution < -0.4 is 16.0 Å². The van der Waals surface area contributed by atoms with Crippen molar-refractivity contribution in [3.63, 3.8) is 0 Å². The average molecular weight is 452 g/mol.